The lowest BCUT2D eigenvalue weighted by molar-refractivity contribution is -0.402. The number of nitro groups is 1. The second-order valence-electron chi connectivity index (χ2n) is 6.10. The Kier molecular flexibility index (Phi) is 5.21. The van der Waals surface area contributed by atoms with Crippen LogP contribution in [-0.2, 0) is 0 Å². The van der Waals surface area contributed by atoms with E-state index in [0.717, 1.165) is 17.6 Å². The maximum absolute atomic E-state index is 12.1. The molecule has 0 bridgehead atoms. The lowest BCUT2D eigenvalue weighted by Crippen LogP contribution is -2.12. The molecule has 2 N–H and O–H groups in total. The summed E-state index contributed by atoms with van der Waals surface area (Å²) in [6.07, 6.45) is 0. The summed E-state index contributed by atoms with van der Waals surface area (Å²) < 4.78 is 4.88. The van der Waals surface area contributed by atoms with Crippen LogP contribution in [0.5, 0.6) is 0 Å². The van der Waals surface area contributed by atoms with Crippen molar-refractivity contribution in [3.63, 3.8) is 0 Å². The predicted octanol–water partition coefficient (Wildman–Crippen LogP) is 3.35. The van der Waals surface area contributed by atoms with Gasteiger partial charge in [-0.3, -0.25) is 14.9 Å². The Bertz CT molecular complexity index is 1010. The fourth-order valence-electron chi connectivity index (χ4n) is 2.37. The Morgan fingerprint density at radius 2 is 1.79 bits per heavy atom. The van der Waals surface area contributed by atoms with Crippen LogP contribution in [0.15, 0.2) is 46.9 Å². The van der Waals surface area contributed by atoms with Crippen molar-refractivity contribution in [2.24, 2.45) is 0 Å². The zero-order chi connectivity index (χ0) is 20.3. The SMILES string of the molecule is Cc1nc(Nc2ccc(NC(=O)c3ccc([N+](=O)[O-])o3)cc2)cc(N(C)C)n1. The van der Waals surface area contributed by atoms with E-state index in [1.54, 1.807) is 24.3 Å². The minimum absolute atomic E-state index is 0.137. The molecule has 0 unspecified atom stereocenters. The topological polar surface area (TPSA) is 126 Å². The number of carbonyl (C=O) groups is 1. The lowest BCUT2D eigenvalue weighted by atomic mass is 10.2. The number of nitrogens with zero attached hydrogens (tertiary/aromatic N) is 4. The second kappa shape index (κ2) is 7.74. The van der Waals surface area contributed by atoms with Gasteiger partial charge in [0.1, 0.15) is 22.4 Å². The number of rotatable bonds is 6. The zero-order valence-electron chi connectivity index (χ0n) is 15.5. The van der Waals surface area contributed by atoms with Gasteiger partial charge in [0.25, 0.3) is 5.91 Å². The Morgan fingerprint density at radius 3 is 2.39 bits per heavy atom. The van der Waals surface area contributed by atoms with E-state index in [4.69, 9.17) is 4.42 Å². The number of nitrogens with one attached hydrogen (secondary N) is 2. The molecule has 0 radical (unpaired) electrons. The normalized spacial score (nSPS) is 10.4. The van der Waals surface area contributed by atoms with E-state index in [0.29, 0.717) is 17.3 Å². The van der Waals surface area contributed by atoms with Gasteiger partial charge >= 0.3 is 5.88 Å². The summed E-state index contributed by atoms with van der Waals surface area (Å²) in [7, 11) is 3.80. The summed E-state index contributed by atoms with van der Waals surface area (Å²) >= 11 is 0. The summed E-state index contributed by atoms with van der Waals surface area (Å²) in [5.74, 6) is 0.881. The number of furan rings is 1. The van der Waals surface area contributed by atoms with Crippen LogP contribution in [0.2, 0.25) is 0 Å². The number of aromatic nitrogens is 2. The number of benzene rings is 1. The van der Waals surface area contributed by atoms with E-state index in [1.165, 1.54) is 6.07 Å². The number of hydrogen-bond acceptors (Lipinski definition) is 8. The molecule has 0 atom stereocenters. The molecule has 0 aliphatic heterocycles. The molecule has 0 saturated carbocycles. The van der Waals surface area contributed by atoms with Gasteiger partial charge in [-0.05, 0) is 37.3 Å². The molecular weight excluding hydrogens is 364 g/mol. The minimum Gasteiger partial charge on any atom is -0.395 e. The van der Waals surface area contributed by atoms with Crippen molar-refractivity contribution in [3.05, 3.63) is 64.2 Å². The highest BCUT2D eigenvalue weighted by Gasteiger charge is 2.17. The van der Waals surface area contributed by atoms with Crippen LogP contribution in [-0.4, -0.2) is 34.9 Å². The van der Waals surface area contributed by atoms with Crippen molar-refractivity contribution < 1.29 is 14.1 Å². The van der Waals surface area contributed by atoms with Crippen LogP contribution in [0.1, 0.15) is 16.4 Å². The van der Waals surface area contributed by atoms with Crippen molar-refractivity contribution in [1.29, 1.82) is 0 Å². The van der Waals surface area contributed by atoms with E-state index >= 15 is 0 Å². The lowest BCUT2D eigenvalue weighted by Gasteiger charge is -2.14. The van der Waals surface area contributed by atoms with Gasteiger partial charge in [0.05, 0.1) is 6.07 Å². The molecule has 1 aromatic carbocycles. The molecule has 0 aliphatic carbocycles. The monoisotopic (exact) mass is 382 g/mol. The Morgan fingerprint density at radius 1 is 1.11 bits per heavy atom. The summed E-state index contributed by atoms with van der Waals surface area (Å²) in [5.41, 5.74) is 1.29. The molecule has 2 aromatic heterocycles. The van der Waals surface area contributed by atoms with E-state index in [-0.39, 0.29) is 5.76 Å². The first-order valence-electron chi connectivity index (χ1n) is 8.27. The van der Waals surface area contributed by atoms with Crippen LogP contribution < -0.4 is 15.5 Å². The second-order valence-corrected chi connectivity index (χ2v) is 6.10. The molecule has 10 nitrogen and oxygen atoms in total. The third-order valence-corrected chi connectivity index (χ3v) is 3.69. The average Bonchev–Trinajstić information content (AvgIpc) is 3.13. The van der Waals surface area contributed by atoms with Gasteiger partial charge in [0.2, 0.25) is 0 Å². The smallest absolute Gasteiger partial charge is 0.395 e. The van der Waals surface area contributed by atoms with Crippen molar-refractivity contribution in [3.8, 4) is 0 Å². The Balaban J connectivity index is 1.68. The van der Waals surface area contributed by atoms with Crippen LogP contribution in [0.4, 0.5) is 28.9 Å². The van der Waals surface area contributed by atoms with Gasteiger partial charge in [0.15, 0.2) is 5.76 Å². The van der Waals surface area contributed by atoms with Crippen molar-refractivity contribution in [2.45, 2.75) is 6.92 Å². The maximum Gasteiger partial charge on any atom is 0.433 e. The van der Waals surface area contributed by atoms with Crippen LogP contribution in [0, 0.1) is 17.0 Å². The highest BCUT2D eigenvalue weighted by molar-refractivity contribution is 6.02. The van der Waals surface area contributed by atoms with Gasteiger partial charge in [-0.2, -0.15) is 0 Å². The Labute approximate surface area is 160 Å². The molecule has 0 aliphatic rings. The van der Waals surface area contributed by atoms with Gasteiger partial charge in [-0.15, -0.1) is 0 Å². The molecule has 3 aromatic rings. The van der Waals surface area contributed by atoms with E-state index in [1.807, 2.05) is 32.0 Å². The largest absolute Gasteiger partial charge is 0.433 e. The zero-order valence-corrected chi connectivity index (χ0v) is 15.5. The fourth-order valence-corrected chi connectivity index (χ4v) is 2.37. The summed E-state index contributed by atoms with van der Waals surface area (Å²) in [6.45, 7) is 1.82. The van der Waals surface area contributed by atoms with E-state index in [2.05, 4.69) is 20.6 Å². The highest BCUT2D eigenvalue weighted by Crippen LogP contribution is 2.21. The quantitative estimate of drug-likeness (QED) is 0.491. The molecule has 28 heavy (non-hydrogen) atoms. The molecule has 144 valence electrons. The third kappa shape index (κ3) is 4.41. The van der Waals surface area contributed by atoms with Gasteiger partial charge in [-0.25, -0.2) is 9.97 Å². The molecule has 0 saturated heterocycles. The first-order valence-corrected chi connectivity index (χ1v) is 8.27. The fraction of sp³-hybridized carbons (Fsp3) is 0.167. The molecular formula is C18H18N6O4. The molecule has 10 heteroatoms. The third-order valence-electron chi connectivity index (χ3n) is 3.69. The van der Waals surface area contributed by atoms with Gasteiger partial charge < -0.3 is 20.0 Å². The molecule has 1 amide bonds. The van der Waals surface area contributed by atoms with Crippen LogP contribution >= 0.6 is 0 Å². The summed E-state index contributed by atoms with van der Waals surface area (Å²) in [6, 6.07) is 11.1. The Hall–Kier alpha value is -3.95. The first-order chi connectivity index (χ1) is 13.3. The van der Waals surface area contributed by atoms with Gasteiger partial charge in [-0.1, -0.05) is 0 Å². The average molecular weight is 382 g/mol. The van der Waals surface area contributed by atoms with Crippen LogP contribution in [0.25, 0.3) is 0 Å². The van der Waals surface area contributed by atoms with Crippen molar-refractivity contribution >= 4 is 34.8 Å². The molecule has 2 heterocycles. The van der Waals surface area contributed by atoms with Crippen molar-refractivity contribution in [1.82, 2.24) is 9.97 Å². The first kappa shape index (κ1) is 18.8. The maximum atomic E-state index is 12.1. The number of anilines is 4. The van der Waals surface area contributed by atoms with E-state index < -0.39 is 16.7 Å². The highest BCUT2D eigenvalue weighted by atomic mass is 16.6. The van der Waals surface area contributed by atoms with E-state index in [9.17, 15) is 14.9 Å². The minimum atomic E-state index is -0.701. The van der Waals surface area contributed by atoms with Gasteiger partial charge in [0, 0.05) is 31.5 Å². The number of amides is 1. The van der Waals surface area contributed by atoms with Crippen molar-refractivity contribution in [2.75, 3.05) is 29.6 Å². The number of aryl methyl sites for hydroxylation is 1. The molecule has 3 rings (SSSR count). The predicted molar refractivity (Wildman–Crippen MR) is 104 cm³/mol. The number of hydrogen-bond donors (Lipinski definition) is 2. The standard InChI is InChI=1S/C18H18N6O4/c1-11-19-15(10-16(20-11)23(2)3)21-12-4-6-13(7-5-12)22-18(25)14-8-9-17(28-14)24(26)27/h4-10H,1-3H3,(H,22,25)(H,19,20,21). The molecule has 0 spiro atoms. The summed E-state index contributed by atoms with van der Waals surface area (Å²) in [4.78, 5) is 32.6. The molecule has 0 fully saturated rings. The van der Waals surface area contributed by atoms with Crippen LogP contribution in [0.3, 0.4) is 0 Å². The number of carbonyl (C=O) groups excluding carboxylic acids is 1. The summed E-state index contributed by atoms with van der Waals surface area (Å²) in [5, 5.41) is 16.4.